The Morgan fingerprint density at radius 3 is 2.52 bits per heavy atom. The molecule has 0 aliphatic heterocycles. The van der Waals surface area contributed by atoms with E-state index in [1.807, 2.05) is 30.3 Å². The van der Waals surface area contributed by atoms with Crippen LogP contribution in [0.25, 0.3) is 0 Å². The van der Waals surface area contributed by atoms with E-state index in [4.69, 9.17) is 0 Å². The van der Waals surface area contributed by atoms with Gasteiger partial charge in [0, 0.05) is 18.4 Å². The molecule has 2 saturated carbocycles. The molecular formula is C19H21N3O3. The Bertz CT molecular complexity index is 759. The highest BCUT2D eigenvalue weighted by atomic mass is 16.4. The second-order valence-corrected chi connectivity index (χ2v) is 7.09. The first-order valence-corrected chi connectivity index (χ1v) is 8.70. The van der Waals surface area contributed by atoms with E-state index in [2.05, 4.69) is 10.4 Å². The smallest absolute Gasteiger partial charge is 0.306 e. The molecular weight excluding hydrogens is 318 g/mol. The molecule has 1 unspecified atom stereocenters. The van der Waals surface area contributed by atoms with Gasteiger partial charge in [0.05, 0.1) is 5.92 Å². The Balaban J connectivity index is 1.51. The van der Waals surface area contributed by atoms with Gasteiger partial charge in [0.25, 0.3) is 0 Å². The minimum absolute atomic E-state index is 0.0647. The van der Waals surface area contributed by atoms with E-state index in [0.717, 1.165) is 18.4 Å². The summed E-state index contributed by atoms with van der Waals surface area (Å²) in [6, 6.07) is 10.9. The summed E-state index contributed by atoms with van der Waals surface area (Å²) in [6.45, 7) is 0. The number of nitrogens with zero attached hydrogens (tertiary/aromatic N) is 2. The molecule has 1 aromatic heterocycles. The molecule has 130 valence electrons. The van der Waals surface area contributed by atoms with Crippen LogP contribution in [0.3, 0.4) is 0 Å². The Labute approximate surface area is 145 Å². The summed E-state index contributed by atoms with van der Waals surface area (Å²) in [5.74, 6) is -0.568. The van der Waals surface area contributed by atoms with Crippen LogP contribution < -0.4 is 5.32 Å². The molecule has 6 nitrogen and oxygen atoms in total. The van der Waals surface area contributed by atoms with Crippen molar-refractivity contribution in [3.8, 4) is 0 Å². The Hall–Kier alpha value is -2.63. The van der Waals surface area contributed by atoms with Crippen LogP contribution in [0.1, 0.15) is 30.9 Å². The monoisotopic (exact) mass is 339 g/mol. The van der Waals surface area contributed by atoms with E-state index in [1.165, 1.54) is 0 Å². The number of carbonyl (C=O) groups excluding carboxylic acids is 1. The van der Waals surface area contributed by atoms with Crippen molar-refractivity contribution in [2.45, 2.75) is 31.3 Å². The lowest BCUT2D eigenvalue weighted by molar-refractivity contribution is -0.143. The second kappa shape index (κ2) is 6.35. The first-order chi connectivity index (χ1) is 12.1. The van der Waals surface area contributed by atoms with E-state index in [0.29, 0.717) is 6.42 Å². The molecule has 2 bridgehead atoms. The molecule has 2 aliphatic carbocycles. The summed E-state index contributed by atoms with van der Waals surface area (Å²) in [5.41, 5.74) is 0.885. The number of carboxylic acids is 1. The summed E-state index contributed by atoms with van der Waals surface area (Å²) in [5, 5.41) is 16.7. The van der Waals surface area contributed by atoms with Crippen LogP contribution in [0.15, 0.2) is 48.8 Å². The maximum Gasteiger partial charge on any atom is 0.306 e. The van der Waals surface area contributed by atoms with Crippen molar-refractivity contribution in [3.05, 3.63) is 54.4 Å². The van der Waals surface area contributed by atoms with Crippen molar-refractivity contribution in [2.75, 3.05) is 0 Å². The average molecular weight is 339 g/mol. The van der Waals surface area contributed by atoms with Gasteiger partial charge in [-0.2, -0.15) is 5.10 Å². The van der Waals surface area contributed by atoms with Gasteiger partial charge in [-0.15, -0.1) is 0 Å². The van der Waals surface area contributed by atoms with Gasteiger partial charge in [-0.1, -0.05) is 30.3 Å². The molecule has 1 aromatic carbocycles. The summed E-state index contributed by atoms with van der Waals surface area (Å²) < 4.78 is 1.66. The number of aromatic nitrogens is 2. The highest BCUT2D eigenvalue weighted by molar-refractivity contribution is 5.84. The van der Waals surface area contributed by atoms with Crippen LogP contribution in [0.2, 0.25) is 0 Å². The standard InChI is InChI=1S/C19H21N3O3/c23-18(21-16-11-13-9-14(16)10-15(13)19(24)25)17(22-8-4-7-20-22)12-5-2-1-3-6-12/h1-8,13-17H,9-11H2,(H,21,23)(H,24,25)/t13-,14-,15-,16-,17?/m1/s1. The minimum Gasteiger partial charge on any atom is -0.481 e. The molecule has 1 amide bonds. The van der Waals surface area contributed by atoms with Crippen molar-refractivity contribution in [1.82, 2.24) is 15.1 Å². The average Bonchev–Trinajstić information content (AvgIpc) is 3.32. The molecule has 0 saturated heterocycles. The van der Waals surface area contributed by atoms with Crippen molar-refractivity contribution < 1.29 is 14.7 Å². The second-order valence-electron chi connectivity index (χ2n) is 7.09. The Morgan fingerprint density at radius 1 is 1.12 bits per heavy atom. The lowest BCUT2D eigenvalue weighted by atomic mass is 9.86. The predicted octanol–water partition coefficient (Wildman–Crippen LogP) is 2.09. The highest BCUT2D eigenvalue weighted by Gasteiger charge is 2.49. The first kappa shape index (κ1) is 15.9. The fourth-order valence-electron chi connectivity index (χ4n) is 4.51. The van der Waals surface area contributed by atoms with Gasteiger partial charge < -0.3 is 10.4 Å². The zero-order valence-corrected chi connectivity index (χ0v) is 13.8. The molecule has 2 aromatic rings. The molecule has 6 heteroatoms. The number of nitrogens with one attached hydrogen (secondary N) is 1. The number of amides is 1. The third-order valence-electron chi connectivity index (χ3n) is 5.65. The lowest BCUT2D eigenvalue weighted by Gasteiger charge is -2.28. The number of fused-ring (bicyclic) bond motifs is 2. The maximum absolute atomic E-state index is 13.0. The highest BCUT2D eigenvalue weighted by Crippen LogP contribution is 2.48. The summed E-state index contributed by atoms with van der Waals surface area (Å²) in [6.07, 6.45) is 5.78. The summed E-state index contributed by atoms with van der Waals surface area (Å²) >= 11 is 0. The third-order valence-corrected chi connectivity index (χ3v) is 5.65. The first-order valence-electron chi connectivity index (χ1n) is 8.70. The van der Waals surface area contributed by atoms with Crippen molar-refractivity contribution in [3.63, 3.8) is 0 Å². The van der Waals surface area contributed by atoms with Crippen LogP contribution in [0, 0.1) is 17.8 Å². The van der Waals surface area contributed by atoms with Crippen molar-refractivity contribution in [2.24, 2.45) is 17.8 Å². The molecule has 0 radical (unpaired) electrons. The number of carbonyl (C=O) groups is 2. The van der Waals surface area contributed by atoms with Gasteiger partial charge in [0.1, 0.15) is 0 Å². The number of carboxylic acid groups (broad SMARTS) is 1. The van der Waals surface area contributed by atoms with Crippen LogP contribution in [-0.4, -0.2) is 32.8 Å². The largest absolute Gasteiger partial charge is 0.481 e. The normalized spacial score (nSPS) is 28.6. The minimum atomic E-state index is -0.698. The molecule has 0 spiro atoms. The van der Waals surface area contributed by atoms with E-state index in [-0.39, 0.29) is 29.7 Å². The number of rotatable bonds is 5. The van der Waals surface area contributed by atoms with Crippen LogP contribution >= 0.6 is 0 Å². The number of aliphatic carboxylic acids is 1. The van der Waals surface area contributed by atoms with Crippen LogP contribution in [-0.2, 0) is 9.59 Å². The van der Waals surface area contributed by atoms with E-state index >= 15 is 0 Å². The number of hydrogen-bond acceptors (Lipinski definition) is 3. The van der Waals surface area contributed by atoms with Gasteiger partial charge in [0.15, 0.2) is 6.04 Å². The van der Waals surface area contributed by atoms with Gasteiger partial charge in [-0.25, -0.2) is 0 Å². The molecule has 25 heavy (non-hydrogen) atoms. The maximum atomic E-state index is 13.0. The predicted molar refractivity (Wildman–Crippen MR) is 90.7 cm³/mol. The molecule has 2 fully saturated rings. The molecule has 1 heterocycles. The number of hydrogen-bond donors (Lipinski definition) is 2. The SMILES string of the molecule is O=C(N[C@@H]1C[C@H]2C[C@@H]1C[C@H]2C(=O)O)C(c1ccccc1)n1cccn1. The zero-order valence-electron chi connectivity index (χ0n) is 13.8. The summed E-state index contributed by atoms with van der Waals surface area (Å²) in [7, 11) is 0. The van der Waals surface area contributed by atoms with Gasteiger partial charge in [-0.05, 0) is 42.7 Å². The fourth-order valence-corrected chi connectivity index (χ4v) is 4.51. The Kier molecular flexibility index (Phi) is 4.03. The Morgan fingerprint density at radius 2 is 1.92 bits per heavy atom. The molecule has 4 rings (SSSR count). The van der Waals surface area contributed by atoms with Gasteiger partial charge >= 0.3 is 5.97 Å². The van der Waals surface area contributed by atoms with Crippen molar-refractivity contribution in [1.29, 1.82) is 0 Å². The van der Waals surface area contributed by atoms with Crippen LogP contribution in [0.5, 0.6) is 0 Å². The third kappa shape index (κ3) is 2.92. The zero-order chi connectivity index (χ0) is 17.4. The quantitative estimate of drug-likeness (QED) is 0.873. The van der Waals surface area contributed by atoms with E-state index in [1.54, 1.807) is 23.1 Å². The molecule has 2 N–H and O–H groups in total. The van der Waals surface area contributed by atoms with Crippen LogP contribution in [0.4, 0.5) is 0 Å². The molecule has 5 atom stereocenters. The van der Waals surface area contributed by atoms with Crippen molar-refractivity contribution >= 4 is 11.9 Å². The topological polar surface area (TPSA) is 84.2 Å². The van der Waals surface area contributed by atoms with E-state index in [9.17, 15) is 14.7 Å². The summed E-state index contributed by atoms with van der Waals surface area (Å²) in [4.78, 5) is 24.3. The lowest BCUT2D eigenvalue weighted by Crippen LogP contribution is -2.44. The fraction of sp³-hybridized carbons (Fsp3) is 0.421. The van der Waals surface area contributed by atoms with Gasteiger partial charge in [-0.3, -0.25) is 14.3 Å². The van der Waals surface area contributed by atoms with E-state index < -0.39 is 12.0 Å². The number of benzene rings is 1. The molecule has 2 aliphatic rings. The van der Waals surface area contributed by atoms with Gasteiger partial charge in [0.2, 0.25) is 5.91 Å².